The molecule has 0 saturated heterocycles. The van der Waals surface area contributed by atoms with Crippen LogP contribution >= 0.6 is 11.3 Å². The van der Waals surface area contributed by atoms with Gasteiger partial charge in [-0.2, -0.15) is 0 Å². The second-order valence-corrected chi connectivity index (χ2v) is 8.14. The number of aromatic nitrogens is 3. The maximum Gasteiger partial charge on any atom is 0.269 e. The average molecular weight is 466 g/mol. The first-order chi connectivity index (χ1) is 16.0. The number of imidazole rings is 1. The zero-order chi connectivity index (χ0) is 23.4. The molecule has 170 valence electrons. The van der Waals surface area contributed by atoms with E-state index in [0.29, 0.717) is 28.6 Å². The number of para-hydroxylation sites is 2. The van der Waals surface area contributed by atoms with Crippen LogP contribution in [0, 0.1) is 0 Å². The third-order valence-electron chi connectivity index (χ3n) is 4.72. The number of carbonyl (C=O) groups excluding carboxylic acids is 2. The second kappa shape index (κ2) is 9.70. The minimum Gasteiger partial charge on any atom is -0.493 e. The average Bonchev–Trinajstić information content (AvgIpc) is 3.46. The summed E-state index contributed by atoms with van der Waals surface area (Å²) >= 11 is 1.45. The van der Waals surface area contributed by atoms with Gasteiger partial charge in [0.25, 0.3) is 11.8 Å². The van der Waals surface area contributed by atoms with Crippen LogP contribution in [0.15, 0.2) is 53.4 Å². The Morgan fingerprint density at radius 1 is 1.12 bits per heavy atom. The van der Waals surface area contributed by atoms with E-state index in [2.05, 4.69) is 20.8 Å². The standard InChI is InChI=1S/C23H23N5O4S/c1-14(2)32-19-9-8-15(10-20(19)31-3)23(30)27-26-21(29)11-28-18-7-5-4-6-16(18)25-22(28)17-12-33-13-24-17/h4-10,12-14H,11H2,1-3H3,(H,26,29)(H,27,30). The van der Waals surface area contributed by atoms with Gasteiger partial charge in [0.05, 0.1) is 29.8 Å². The Morgan fingerprint density at radius 3 is 2.67 bits per heavy atom. The first kappa shape index (κ1) is 22.3. The molecule has 0 aliphatic rings. The van der Waals surface area contributed by atoms with Crippen molar-refractivity contribution in [3.8, 4) is 23.0 Å². The number of hydrazine groups is 1. The Bertz CT molecular complexity index is 1280. The molecule has 0 bridgehead atoms. The molecule has 33 heavy (non-hydrogen) atoms. The van der Waals surface area contributed by atoms with Crippen LogP contribution in [0.3, 0.4) is 0 Å². The predicted molar refractivity (Wildman–Crippen MR) is 125 cm³/mol. The lowest BCUT2D eigenvalue weighted by atomic mass is 10.2. The van der Waals surface area contributed by atoms with Crippen molar-refractivity contribution in [2.45, 2.75) is 26.5 Å². The maximum atomic E-state index is 12.7. The van der Waals surface area contributed by atoms with E-state index in [1.54, 1.807) is 28.3 Å². The molecule has 4 aromatic rings. The summed E-state index contributed by atoms with van der Waals surface area (Å²) < 4.78 is 12.8. The van der Waals surface area contributed by atoms with Gasteiger partial charge in [-0.05, 0) is 44.2 Å². The Kier molecular flexibility index (Phi) is 6.55. The molecule has 2 amide bonds. The van der Waals surface area contributed by atoms with E-state index in [1.165, 1.54) is 18.4 Å². The number of methoxy groups -OCH3 is 1. The summed E-state index contributed by atoms with van der Waals surface area (Å²) in [6.45, 7) is 3.76. The molecule has 0 fully saturated rings. The van der Waals surface area contributed by atoms with Crippen LogP contribution in [0.4, 0.5) is 0 Å². The molecule has 0 aliphatic heterocycles. The van der Waals surface area contributed by atoms with Gasteiger partial charge in [-0.1, -0.05) is 12.1 Å². The molecule has 0 atom stereocenters. The number of hydrogen-bond acceptors (Lipinski definition) is 7. The van der Waals surface area contributed by atoms with Crippen LogP contribution in [0.2, 0.25) is 0 Å². The molecule has 0 saturated carbocycles. The third kappa shape index (κ3) is 4.96. The van der Waals surface area contributed by atoms with Crippen molar-refractivity contribution in [2.75, 3.05) is 7.11 Å². The van der Waals surface area contributed by atoms with Crippen molar-refractivity contribution >= 4 is 34.2 Å². The lowest BCUT2D eigenvalue weighted by Gasteiger charge is -2.15. The molecule has 2 heterocycles. The summed E-state index contributed by atoms with van der Waals surface area (Å²) in [5.41, 5.74) is 9.18. The van der Waals surface area contributed by atoms with E-state index in [1.807, 2.05) is 43.5 Å². The van der Waals surface area contributed by atoms with Crippen molar-refractivity contribution in [1.29, 1.82) is 0 Å². The largest absolute Gasteiger partial charge is 0.493 e. The second-order valence-electron chi connectivity index (χ2n) is 7.42. The molecule has 4 rings (SSSR count). The minimum atomic E-state index is -0.479. The molecular formula is C23H23N5O4S. The third-order valence-corrected chi connectivity index (χ3v) is 5.31. The van der Waals surface area contributed by atoms with E-state index >= 15 is 0 Å². The Hall–Kier alpha value is -3.92. The highest BCUT2D eigenvalue weighted by Gasteiger charge is 2.17. The van der Waals surface area contributed by atoms with Gasteiger partial charge in [0, 0.05) is 10.9 Å². The van der Waals surface area contributed by atoms with Crippen molar-refractivity contribution in [3.05, 3.63) is 58.9 Å². The van der Waals surface area contributed by atoms with Crippen LogP contribution in [0.25, 0.3) is 22.6 Å². The highest BCUT2D eigenvalue weighted by atomic mass is 32.1. The van der Waals surface area contributed by atoms with Gasteiger partial charge >= 0.3 is 0 Å². The molecule has 9 nitrogen and oxygen atoms in total. The molecule has 2 aromatic carbocycles. The van der Waals surface area contributed by atoms with E-state index < -0.39 is 11.8 Å². The van der Waals surface area contributed by atoms with E-state index in [-0.39, 0.29) is 12.6 Å². The molecule has 10 heteroatoms. The highest BCUT2D eigenvalue weighted by molar-refractivity contribution is 7.07. The number of nitrogens with one attached hydrogen (secondary N) is 2. The van der Waals surface area contributed by atoms with Gasteiger partial charge in [0.1, 0.15) is 12.2 Å². The van der Waals surface area contributed by atoms with Crippen molar-refractivity contribution in [2.24, 2.45) is 0 Å². The Balaban J connectivity index is 1.47. The summed E-state index contributed by atoms with van der Waals surface area (Å²) in [5, 5.41) is 1.87. The van der Waals surface area contributed by atoms with Gasteiger partial charge in [0.15, 0.2) is 17.3 Å². The number of benzene rings is 2. The molecule has 2 N–H and O–H groups in total. The molecule has 0 unspecified atom stereocenters. The van der Waals surface area contributed by atoms with Gasteiger partial charge in [-0.25, -0.2) is 9.97 Å². The Labute approximate surface area is 194 Å². The number of amides is 2. The summed E-state index contributed by atoms with van der Waals surface area (Å²) in [5.74, 6) is 0.669. The first-order valence-electron chi connectivity index (χ1n) is 10.2. The van der Waals surface area contributed by atoms with E-state index in [9.17, 15) is 9.59 Å². The summed E-state index contributed by atoms with van der Waals surface area (Å²) in [6.07, 6.45) is -0.0358. The number of nitrogens with zero attached hydrogens (tertiary/aromatic N) is 3. The number of thiazole rings is 1. The summed E-state index contributed by atoms with van der Waals surface area (Å²) in [4.78, 5) is 34.2. The van der Waals surface area contributed by atoms with Crippen LogP contribution in [0.1, 0.15) is 24.2 Å². The zero-order valence-corrected chi connectivity index (χ0v) is 19.2. The normalized spacial score (nSPS) is 10.9. The SMILES string of the molecule is COc1cc(C(=O)NNC(=O)Cn2c(-c3cscn3)nc3ccccc32)ccc1OC(C)C. The van der Waals surface area contributed by atoms with Gasteiger partial charge in [0.2, 0.25) is 0 Å². The van der Waals surface area contributed by atoms with Crippen LogP contribution in [-0.2, 0) is 11.3 Å². The number of rotatable bonds is 7. The number of hydrogen-bond donors (Lipinski definition) is 2. The molecule has 0 aliphatic carbocycles. The fraction of sp³-hybridized carbons (Fsp3) is 0.217. The molecule has 0 radical (unpaired) electrons. The van der Waals surface area contributed by atoms with Crippen LogP contribution in [0.5, 0.6) is 11.5 Å². The molecule has 0 spiro atoms. The topological polar surface area (TPSA) is 107 Å². The number of carbonyl (C=O) groups is 2. The first-order valence-corrected chi connectivity index (χ1v) is 11.2. The van der Waals surface area contributed by atoms with Crippen LogP contribution < -0.4 is 20.3 Å². The highest BCUT2D eigenvalue weighted by Crippen LogP contribution is 2.29. The van der Waals surface area contributed by atoms with Gasteiger partial charge in [-0.3, -0.25) is 20.4 Å². The number of ether oxygens (including phenoxy) is 2. The fourth-order valence-corrected chi connectivity index (χ4v) is 3.83. The smallest absolute Gasteiger partial charge is 0.269 e. The lowest BCUT2D eigenvalue weighted by molar-refractivity contribution is -0.122. The lowest BCUT2D eigenvalue weighted by Crippen LogP contribution is -2.43. The van der Waals surface area contributed by atoms with Crippen molar-refractivity contribution in [1.82, 2.24) is 25.4 Å². The maximum absolute atomic E-state index is 12.7. The fourth-order valence-electron chi connectivity index (χ4n) is 3.30. The van der Waals surface area contributed by atoms with Gasteiger partial charge in [-0.15, -0.1) is 11.3 Å². The van der Waals surface area contributed by atoms with E-state index in [0.717, 1.165) is 11.0 Å². The van der Waals surface area contributed by atoms with Crippen molar-refractivity contribution < 1.29 is 19.1 Å². The minimum absolute atomic E-state index is 0.0358. The van der Waals surface area contributed by atoms with Gasteiger partial charge < -0.3 is 14.0 Å². The number of fused-ring (bicyclic) bond motifs is 1. The predicted octanol–water partition coefficient (Wildman–Crippen LogP) is 3.42. The monoisotopic (exact) mass is 465 g/mol. The quantitative estimate of drug-likeness (QED) is 0.405. The summed E-state index contributed by atoms with van der Waals surface area (Å²) in [7, 11) is 1.50. The molecule has 2 aromatic heterocycles. The van der Waals surface area contributed by atoms with Crippen molar-refractivity contribution in [3.63, 3.8) is 0 Å². The zero-order valence-electron chi connectivity index (χ0n) is 18.4. The van der Waals surface area contributed by atoms with Crippen LogP contribution in [-0.4, -0.2) is 39.6 Å². The summed E-state index contributed by atoms with van der Waals surface area (Å²) in [6, 6.07) is 12.3. The van der Waals surface area contributed by atoms with E-state index in [4.69, 9.17) is 9.47 Å². The Morgan fingerprint density at radius 2 is 1.94 bits per heavy atom. The molecular weight excluding hydrogens is 442 g/mol.